The van der Waals surface area contributed by atoms with Gasteiger partial charge in [-0.1, -0.05) is 11.6 Å². The van der Waals surface area contributed by atoms with Gasteiger partial charge in [0.05, 0.1) is 0 Å². The number of rotatable bonds is 3. The van der Waals surface area contributed by atoms with Gasteiger partial charge in [-0.3, -0.25) is 4.79 Å². The second-order valence-corrected chi connectivity index (χ2v) is 5.17. The lowest BCUT2D eigenvalue weighted by Gasteiger charge is -2.11. The van der Waals surface area contributed by atoms with Gasteiger partial charge in [-0.25, -0.2) is 4.79 Å². The molecular formula is C15H11ClF3NO3. The molecule has 0 saturated carbocycles. The number of halogens is 4. The van der Waals surface area contributed by atoms with Crippen LogP contribution in [0.1, 0.15) is 11.1 Å². The monoisotopic (exact) mass is 345 g/mol. The fraction of sp³-hybridized carbons (Fsp3) is 0.200. The molecule has 1 aromatic carbocycles. The van der Waals surface area contributed by atoms with Crippen LogP contribution >= 0.6 is 11.6 Å². The summed E-state index contributed by atoms with van der Waals surface area (Å²) in [7, 11) is 0. The molecule has 0 amide bonds. The summed E-state index contributed by atoms with van der Waals surface area (Å²) in [5, 5.41) is 0.455. The van der Waals surface area contributed by atoms with Gasteiger partial charge >= 0.3 is 12.1 Å². The summed E-state index contributed by atoms with van der Waals surface area (Å²) in [5.41, 5.74) is -2.05. The van der Waals surface area contributed by atoms with Gasteiger partial charge in [0.15, 0.2) is 0 Å². The maximum Gasteiger partial charge on any atom is 0.421 e. The molecule has 0 bridgehead atoms. The van der Waals surface area contributed by atoms with Gasteiger partial charge in [0.1, 0.15) is 17.9 Å². The highest BCUT2D eigenvalue weighted by atomic mass is 35.5. The third-order valence-electron chi connectivity index (χ3n) is 2.99. The molecule has 0 N–H and O–H groups in total. The molecule has 8 heteroatoms. The first kappa shape index (κ1) is 17.1. The van der Waals surface area contributed by atoms with E-state index in [2.05, 4.69) is 0 Å². The molecule has 1 aromatic heterocycles. The molecule has 0 spiro atoms. The van der Waals surface area contributed by atoms with Crippen molar-refractivity contribution in [2.45, 2.75) is 19.6 Å². The summed E-state index contributed by atoms with van der Waals surface area (Å²) in [6.45, 7) is 1.02. The van der Waals surface area contributed by atoms with Crippen LogP contribution in [0.25, 0.3) is 0 Å². The fourth-order valence-corrected chi connectivity index (χ4v) is 2.13. The summed E-state index contributed by atoms with van der Waals surface area (Å²) >= 11 is 5.77. The lowest BCUT2D eigenvalue weighted by atomic mass is 10.2. The minimum absolute atomic E-state index is 0.222. The second-order valence-electron chi connectivity index (χ2n) is 4.74. The van der Waals surface area contributed by atoms with E-state index in [9.17, 15) is 22.8 Å². The molecule has 0 fully saturated rings. The lowest BCUT2D eigenvalue weighted by molar-refractivity contribution is -0.140. The van der Waals surface area contributed by atoms with Crippen LogP contribution in [0.2, 0.25) is 5.02 Å². The summed E-state index contributed by atoms with van der Waals surface area (Å²) in [6.07, 6.45) is -3.69. The van der Waals surface area contributed by atoms with Crippen LogP contribution in [0, 0.1) is 6.92 Å². The Morgan fingerprint density at radius 3 is 2.61 bits per heavy atom. The zero-order chi connectivity index (χ0) is 17.2. The third-order valence-corrected chi connectivity index (χ3v) is 3.22. The topological polar surface area (TPSA) is 48.3 Å². The van der Waals surface area contributed by atoms with Gasteiger partial charge in [-0.15, -0.1) is 0 Å². The SMILES string of the molecule is Cc1cc(Cl)ccc1OC(=O)Cn1cccc(C(F)(F)F)c1=O. The van der Waals surface area contributed by atoms with Crippen molar-refractivity contribution >= 4 is 17.6 Å². The Bertz CT molecular complexity index is 799. The van der Waals surface area contributed by atoms with Gasteiger partial charge < -0.3 is 9.30 Å². The van der Waals surface area contributed by atoms with Crippen LogP contribution in [0.5, 0.6) is 5.75 Å². The first-order chi connectivity index (χ1) is 10.7. The standard InChI is InChI=1S/C15H11ClF3NO3/c1-9-7-10(16)4-5-12(9)23-13(21)8-20-6-2-3-11(14(20)22)15(17,18)19/h2-7H,8H2,1H3. The molecule has 0 radical (unpaired) electrons. The molecule has 122 valence electrons. The number of benzene rings is 1. The van der Waals surface area contributed by atoms with Crippen LogP contribution in [0.3, 0.4) is 0 Å². The molecule has 0 atom stereocenters. The smallest absolute Gasteiger partial charge is 0.421 e. The van der Waals surface area contributed by atoms with Crippen LogP contribution < -0.4 is 10.3 Å². The molecule has 23 heavy (non-hydrogen) atoms. The lowest BCUT2D eigenvalue weighted by Crippen LogP contribution is -2.31. The average molecular weight is 346 g/mol. The predicted molar refractivity (Wildman–Crippen MR) is 77.5 cm³/mol. The predicted octanol–water partition coefficient (Wildman–Crippen LogP) is 3.43. The Kier molecular flexibility index (Phi) is 4.79. The molecule has 0 aliphatic heterocycles. The van der Waals surface area contributed by atoms with E-state index >= 15 is 0 Å². The van der Waals surface area contributed by atoms with Crippen molar-refractivity contribution in [1.82, 2.24) is 4.57 Å². The number of hydrogen-bond acceptors (Lipinski definition) is 3. The fourth-order valence-electron chi connectivity index (χ4n) is 1.90. The van der Waals surface area contributed by atoms with Gasteiger partial charge in [0, 0.05) is 11.2 Å². The average Bonchev–Trinajstić information content (AvgIpc) is 2.43. The maximum atomic E-state index is 12.7. The number of pyridine rings is 1. The van der Waals surface area contributed by atoms with E-state index in [0.29, 0.717) is 21.2 Å². The van der Waals surface area contributed by atoms with Crippen molar-refractivity contribution < 1.29 is 22.7 Å². The molecule has 1 heterocycles. The Hall–Kier alpha value is -2.28. The van der Waals surface area contributed by atoms with E-state index < -0.39 is 29.8 Å². The third kappa shape index (κ3) is 4.13. The number of nitrogens with zero attached hydrogens (tertiary/aromatic N) is 1. The zero-order valence-corrected chi connectivity index (χ0v) is 12.6. The minimum Gasteiger partial charge on any atom is -0.425 e. The van der Waals surface area contributed by atoms with Crippen molar-refractivity contribution in [1.29, 1.82) is 0 Å². The van der Waals surface area contributed by atoms with E-state index in [0.717, 1.165) is 12.3 Å². The largest absolute Gasteiger partial charge is 0.425 e. The normalized spacial score (nSPS) is 11.3. The van der Waals surface area contributed by atoms with Crippen molar-refractivity contribution in [3.63, 3.8) is 0 Å². The van der Waals surface area contributed by atoms with Crippen molar-refractivity contribution in [2.75, 3.05) is 0 Å². The number of esters is 1. The van der Waals surface area contributed by atoms with Crippen LogP contribution in [0.15, 0.2) is 41.3 Å². The molecule has 4 nitrogen and oxygen atoms in total. The zero-order valence-electron chi connectivity index (χ0n) is 11.9. The van der Waals surface area contributed by atoms with Gasteiger partial charge in [0.25, 0.3) is 5.56 Å². The molecule has 0 aliphatic rings. The minimum atomic E-state index is -4.78. The summed E-state index contributed by atoms with van der Waals surface area (Å²) in [5.74, 6) is -0.642. The number of alkyl halides is 3. The van der Waals surface area contributed by atoms with Crippen molar-refractivity contribution in [3.8, 4) is 5.75 Å². The molecule has 2 aromatic rings. The second kappa shape index (κ2) is 6.45. The van der Waals surface area contributed by atoms with Gasteiger partial charge in [-0.2, -0.15) is 13.2 Å². The van der Waals surface area contributed by atoms with E-state index in [1.165, 1.54) is 12.1 Å². The highest BCUT2D eigenvalue weighted by Crippen LogP contribution is 2.26. The first-order valence-electron chi connectivity index (χ1n) is 6.42. The van der Waals surface area contributed by atoms with E-state index in [1.54, 1.807) is 13.0 Å². The van der Waals surface area contributed by atoms with Crippen LogP contribution in [-0.4, -0.2) is 10.5 Å². The highest BCUT2D eigenvalue weighted by Gasteiger charge is 2.34. The Morgan fingerprint density at radius 2 is 2.00 bits per heavy atom. The summed E-state index contributed by atoms with van der Waals surface area (Å²) < 4.78 is 43.7. The number of aryl methyl sites for hydroxylation is 1. The van der Waals surface area contributed by atoms with Crippen molar-refractivity contribution in [3.05, 3.63) is 63.0 Å². The molecule has 0 aliphatic carbocycles. The summed E-state index contributed by atoms with van der Waals surface area (Å²) in [4.78, 5) is 23.6. The Labute approximate surface area is 134 Å². The van der Waals surface area contributed by atoms with Crippen molar-refractivity contribution in [2.24, 2.45) is 0 Å². The van der Waals surface area contributed by atoms with E-state index in [-0.39, 0.29) is 5.75 Å². The van der Waals surface area contributed by atoms with Gasteiger partial charge in [0.2, 0.25) is 0 Å². The first-order valence-corrected chi connectivity index (χ1v) is 6.80. The molecule has 0 unspecified atom stereocenters. The van der Waals surface area contributed by atoms with Crippen LogP contribution in [-0.2, 0) is 17.5 Å². The quantitative estimate of drug-likeness (QED) is 0.632. The Balaban J connectivity index is 2.20. The Morgan fingerprint density at radius 1 is 1.30 bits per heavy atom. The molecule has 0 saturated heterocycles. The highest BCUT2D eigenvalue weighted by molar-refractivity contribution is 6.30. The number of ether oxygens (including phenoxy) is 1. The number of carbonyl (C=O) groups is 1. The molecule has 2 rings (SSSR count). The number of hydrogen-bond donors (Lipinski definition) is 0. The summed E-state index contributed by atoms with van der Waals surface area (Å²) in [6, 6.07) is 6.25. The number of aromatic nitrogens is 1. The van der Waals surface area contributed by atoms with E-state index in [4.69, 9.17) is 16.3 Å². The van der Waals surface area contributed by atoms with Crippen LogP contribution in [0.4, 0.5) is 13.2 Å². The van der Waals surface area contributed by atoms with Gasteiger partial charge in [-0.05, 0) is 42.8 Å². The number of carbonyl (C=O) groups excluding carboxylic acids is 1. The van der Waals surface area contributed by atoms with E-state index in [1.807, 2.05) is 0 Å². The molecular weight excluding hydrogens is 335 g/mol. The maximum absolute atomic E-state index is 12.7.